The quantitative estimate of drug-likeness (QED) is 0.751. The maximum atomic E-state index is 12.2. The van der Waals surface area contributed by atoms with E-state index in [2.05, 4.69) is 10.3 Å². The summed E-state index contributed by atoms with van der Waals surface area (Å²) < 4.78 is 1.47. The van der Waals surface area contributed by atoms with Crippen LogP contribution in [0.5, 0.6) is 0 Å². The van der Waals surface area contributed by atoms with Crippen molar-refractivity contribution in [1.29, 1.82) is 0 Å². The van der Waals surface area contributed by atoms with Crippen LogP contribution < -0.4 is 10.9 Å². The van der Waals surface area contributed by atoms with Crippen LogP contribution in [0.15, 0.2) is 16.1 Å². The van der Waals surface area contributed by atoms with E-state index in [0.29, 0.717) is 18.1 Å². The predicted molar refractivity (Wildman–Crippen MR) is 82.1 cm³/mol. The Balaban J connectivity index is 2.06. The van der Waals surface area contributed by atoms with Gasteiger partial charge in [-0.3, -0.25) is 19.0 Å². The average molecular weight is 325 g/mol. The first-order valence-corrected chi connectivity index (χ1v) is 8.12. The molecule has 7 nitrogen and oxygen atoms in total. The van der Waals surface area contributed by atoms with Crippen molar-refractivity contribution >= 4 is 23.6 Å². The van der Waals surface area contributed by atoms with E-state index in [1.165, 1.54) is 22.5 Å². The number of hydrogen-bond acceptors (Lipinski definition) is 5. The molecule has 2 rings (SSSR count). The molecule has 1 aliphatic rings. The molecule has 0 spiro atoms. The number of hydrogen-bond donors (Lipinski definition) is 2. The molecule has 0 saturated heterocycles. The van der Waals surface area contributed by atoms with Crippen LogP contribution in [0.4, 0.5) is 0 Å². The van der Waals surface area contributed by atoms with Gasteiger partial charge in [0, 0.05) is 25.0 Å². The van der Waals surface area contributed by atoms with Crippen molar-refractivity contribution in [3.8, 4) is 0 Å². The molecule has 1 aromatic heterocycles. The first kappa shape index (κ1) is 16.5. The van der Waals surface area contributed by atoms with Crippen LogP contribution in [0, 0.1) is 11.8 Å². The van der Waals surface area contributed by atoms with Crippen LogP contribution in [0.25, 0.3) is 0 Å². The molecule has 0 fully saturated rings. The van der Waals surface area contributed by atoms with Crippen molar-refractivity contribution in [3.63, 3.8) is 0 Å². The minimum absolute atomic E-state index is 0.00227. The molecule has 2 N–H and O–H groups in total. The highest BCUT2D eigenvalue weighted by atomic mass is 32.2. The van der Waals surface area contributed by atoms with Crippen molar-refractivity contribution in [2.45, 2.75) is 32.0 Å². The van der Waals surface area contributed by atoms with Gasteiger partial charge < -0.3 is 10.4 Å². The normalized spacial score (nSPS) is 14.7. The molecule has 1 unspecified atom stereocenters. The van der Waals surface area contributed by atoms with Gasteiger partial charge in [0.2, 0.25) is 0 Å². The number of nitrogens with zero attached hydrogens (tertiary/aromatic N) is 2. The van der Waals surface area contributed by atoms with Crippen LogP contribution in [0.3, 0.4) is 0 Å². The van der Waals surface area contributed by atoms with E-state index in [9.17, 15) is 14.4 Å². The zero-order valence-corrected chi connectivity index (χ0v) is 13.4. The second-order valence-electron chi connectivity index (χ2n) is 5.63. The van der Waals surface area contributed by atoms with Gasteiger partial charge in [-0.2, -0.15) is 0 Å². The summed E-state index contributed by atoms with van der Waals surface area (Å²) in [6.45, 7) is 4.39. The molecule has 0 aliphatic carbocycles. The minimum atomic E-state index is -0.950. The van der Waals surface area contributed by atoms with Gasteiger partial charge in [-0.25, -0.2) is 4.98 Å². The maximum Gasteiger partial charge on any atom is 0.308 e. The van der Waals surface area contributed by atoms with E-state index in [-0.39, 0.29) is 23.6 Å². The molecular weight excluding hydrogens is 306 g/mol. The summed E-state index contributed by atoms with van der Waals surface area (Å²) in [4.78, 5) is 39.6. The molecular formula is C14H19N3O4S. The summed E-state index contributed by atoms with van der Waals surface area (Å²) in [6, 6.07) is 0. The first-order chi connectivity index (χ1) is 10.4. The number of carboxylic acids is 1. The minimum Gasteiger partial charge on any atom is -0.481 e. The monoisotopic (exact) mass is 325 g/mol. The van der Waals surface area contributed by atoms with Crippen molar-refractivity contribution in [2.75, 3.05) is 12.3 Å². The smallest absolute Gasteiger partial charge is 0.308 e. The summed E-state index contributed by atoms with van der Waals surface area (Å²) in [6.07, 6.45) is 1.73. The topological polar surface area (TPSA) is 101 Å². The Hall–Kier alpha value is -1.83. The number of aliphatic carboxylic acids is 1. The SMILES string of the molecule is CC(C)CC(CNC(=O)c1cnc2n(c1=O)CCS2)C(=O)O. The Morgan fingerprint density at radius 1 is 1.50 bits per heavy atom. The molecule has 0 saturated carbocycles. The van der Waals surface area contributed by atoms with Crippen molar-refractivity contribution in [3.05, 3.63) is 22.1 Å². The number of amides is 1. The van der Waals surface area contributed by atoms with Gasteiger partial charge in [0.05, 0.1) is 5.92 Å². The van der Waals surface area contributed by atoms with E-state index in [1.54, 1.807) is 0 Å². The van der Waals surface area contributed by atoms with Crippen molar-refractivity contribution in [1.82, 2.24) is 14.9 Å². The summed E-state index contributed by atoms with van der Waals surface area (Å²) in [5.74, 6) is -1.20. The van der Waals surface area contributed by atoms with Crippen LogP contribution in [0.2, 0.25) is 0 Å². The number of nitrogens with one attached hydrogen (secondary N) is 1. The summed E-state index contributed by atoms with van der Waals surface area (Å²) in [5.41, 5.74) is -0.414. The Kier molecular flexibility index (Phi) is 5.23. The predicted octanol–water partition coefficient (Wildman–Crippen LogP) is 0.826. The second kappa shape index (κ2) is 6.95. The Bertz CT molecular complexity index is 641. The number of carboxylic acid groups (broad SMARTS) is 1. The zero-order chi connectivity index (χ0) is 16.3. The largest absolute Gasteiger partial charge is 0.481 e. The fourth-order valence-electron chi connectivity index (χ4n) is 2.32. The van der Waals surface area contributed by atoms with Crippen molar-refractivity contribution < 1.29 is 14.7 Å². The molecule has 120 valence electrons. The van der Waals surface area contributed by atoms with Gasteiger partial charge in [-0.1, -0.05) is 25.6 Å². The average Bonchev–Trinajstić information content (AvgIpc) is 2.92. The molecule has 0 radical (unpaired) electrons. The van der Waals surface area contributed by atoms with E-state index in [0.717, 1.165) is 5.75 Å². The number of thioether (sulfide) groups is 1. The molecule has 1 amide bonds. The highest BCUT2D eigenvalue weighted by Gasteiger charge is 2.23. The van der Waals surface area contributed by atoms with Gasteiger partial charge in [0.15, 0.2) is 5.16 Å². The number of aromatic nitrogens is 2. The Morgan fingerprint density at radius 2 is 2.23 bits per heavy atom. The number of fused-ring (bicyclic) bond motifs is 1. The van der Waals surface area contributed by atoms with Crippen LogP contribution >= 0.6 is 11.8 Å². The maximum absolute atomic E-state index is 12.2. The van der Waals surface area contributed by atoms with Crippen molar-refractivity contribution in [2.24, 2.45) is 11.8 Å². The van der Waals surface area contributed by atoms with E-state index < -0.39 is 17.8 Å². The summed E-state index contributed by atoms with van der Waals surface area (Å²) in [5, 5.41) is 12.3. The van der Waals surface area contributed by atoms with E-state index in [1.807, 2.05) is 13.8 Å². The van der Waals surface area contributed by atoms with Crippen LogP contribution in [0.1, 0.15) is 30.6 Å². The van der Waals surface area contributed by atoms with Crippen LogP contribution in [-0.2, 0) is 11.3 Å². The number of carbonyl (C=O) groups excluding carboxylic acids is 1. The second-order valence-corrected chi connectivity index (χ2v) is 6.70. The molecule has 0 bridgehead atoms. The number of rotatable bonds is 6. The van der Waals surface area contributed by atoms with Gasteiger partial charge in [-0.05, 0) is 12.3 Å². The molecule has 1 aromatic rings. The Labute approximate surface area is 132 Å². The molecule has 1 atom stereocenters. The summed E-state index contributed by atoms with van der Waals surface area (Å²) >= 11 is 1.47. The third-order valence-electron chi connectivity index (χ3n) is 3.42. The highest BCUT2D eigenvalue weighted by molar-refractivity contribution is 7.99. The summed E-state index contributed by atoms with van der Waals surface area (Å²) in [7, 11) is 0. The van der Waals surface area contributed by atoms with Gasteiger partial charge in [0.25, 0.3) is 11.5 Å². The third-order valence-corrected chi connectivity index (χ3v) is 4.39. The molecule has 1 aliphatic heterocycles. The lowest BCUT2D eigenvalue weighted by molar-refractivity contribution is -0.142. The fraction of sp³-hybridized carbons (Fsp3) is 0.571. The molecule has 8 heteroatoms. The highest BCUT2D eigenvalue weighted by Crippen LogP contribution is 2.20. The fourth-order valence-corrected chi connectivity index (χ4v) is 3.24. The van der Waals surface area contributed by atoms with Crippen LogP contribution in [-0.4, -0.2) is 38.8 Å². The lowest BCUT2D eigenvalue weighted by atomic mass is 9.97. The lowest BCUT2D eigenvalue weighted by Gasteiger charge is -2.15. The van der Waals surface area contributed by atoms with Gasteiger partial charge in [-0.15, -0.1) is 0 Å². The van der Waals surface area contributed by atoms with Gasteiger partial charge in [0.1, 0.15) is 5.56 Å². The van der Waals surface area contributed by atoms with E-state index in [4.69, 9.17) is 5.11 Å². The first-order valence-electron chi connectivity index (χ1n) is 7.13. The molecule has 22 heavy (non-hydrogen) atoms. The molecule has 2 heterocycles. The zero-order valence-electron chi connectivity index (χ0n) is 12.5. The van der Waals surface area contributed by atoms with E-state index >= 15 is 0 Å². The molecule has 0 aromatic carbocycles. The number of carbonyl (C=O) groups is 2. The standard InChI is InChI=1S/C14H19N3O4S/c1-8(2)5-9(13(20)21)6-15-11(18)10-7-16-14-17(12(10)19)3-4-22-14/h7-9H,3-6H2,1-2H3,(H,15,18)(H,20,21). The third kappa shape index (κ3) is 3.68. The Morgan fingerprint density at radius 3 is 2.86 bits per heavy atom. The van der Waals surface area contributed by atoms with Gasteiger partial charge >= 0.3 is 5.97 Å². The lowest BCUT2D eigenvalue weighted by Crippen LogP contribution is -2.37.